The van der Waals surface area contributed by atoms with E-state index in [-0.39, 0.29) is 28.1 Å². The zero-order chi connectivity index (χ0) is 25.7. The Labute approximate surface area is 214 Å². The standard InChI is InChI=1S/C26H27N7O3S/c1-3-37(35,36)19-10-4-16(5-11-19)12-27-24-26(34)33(18-8-9-18)25-20(31-24)13-28-23(32-25)21-15(2)29-14-30-22(21)17-6-7-17/h4-5,10-11,13-14,17-18H,3,6-9,12H2,1-2H3,(H,27,31). The number of hydrogen-bond acceptors (Lipinski definition) is 9. The Balaban J connectivity index is 1.35. The fourth-order valence-electron chi connectivity index (χ4n) is 4.51. The molecule has 1 aromatic carbocycles. The summed E-state index contributed by atoms with van der Waals surface area (Å²) >= 11 is 0. The van der Waals surface area contributed by atoms with Crippen LogP contribution in [0.3, 0.4) is 0 Å². The Bertz CT molecular complexity index is 1680. The molecule has 0 radical (unpaired) electrons. The van der Waals surface area contributed by atoms with Crippen molar-refractivity contribution in [2.24, 2.45) is 0 Å². The lowest BCUT2D eigenvalue weighted by Gasteiger charge is -2.14. The number of rotatable bonds is 8. The Morgan fingerprint density at radius 2 is 1.78 bits per heavy atom. The molecular weight excluding hydrogens is 490 g/mol. The van der Waals surface area contributed by atoms with Crippen molar-refractivity contribution in [2.45, 2.75) is 62.9 Å². The smallest absolute Gasteiger partial charge is 0.295 e. The maximum Gasteiger partial charge on any atom is 0.295 e. The molecular formula is C26H27N7O3S. The van der Waals surface area contributed by atoms with E-state index in [1.54, 1.807) is 48.3 Å². The summed E-state index contributed by atoms with van der Waals surface area (Å²) in [6, 6.07) is 6.75. The fraction of sp³-hybridized carbons (Fsp3) is 0.385. The van der Waals surface area contributed by atoms with Crippen LogP contribution in [0.2, 0.25) is 0 Å². The van der Waals surface area contributed by atoms with E-state index >= 15 is 0 Å². The number of aromatic nitrogens is 6. The molecule has 3 heterocycles. The minimum Gasteiger partial charge on any atom is -0.361 e. The molecule has 0 aliphatic heterocycles. The van der Waals surface area contributed by atoms with Crippen molar-refractivity contribution >= 4 is 26.8 Å². The van der Waals surface area contributed by atoms with Gasteiger partial charge in [0.2, 0.25) is 0 Å². The molecule has 2 aliphatic rings. The molecule has 0 unspecified atom stereocenters. The molecule has 0 spiro atoms. The molecule has 0 bridgehead atoms. The van der Waals surface area contributed by atoms with Crippen LogP contribution in [-0.4, -0.2) is 43.7 Å². The molecule has 2 aliphatic carbocycles. The lowest BCUT2D eigenvalue weighted by atomic mass is 10.1. The van der Waals surface area contributed by atoms with E-state index < -0.39 is 9.84 Å². The summed E-state index contributed by atoms with van der Waals surface area (Å²) in [5, 5.41) is 3.13. The zero-order valence-corrected chi connectivity index (χ0v) is 21.5. The van der Waals surface area contributed by atoms with Gasteiger partial charge in [0, 0.05) is 18.5 Å². The largest absolute Gasteiger partial charge is 0.361 e. The monoisotopic (exact) mass is 517 g/mol. The average molecular weight is 518 g/mol. The van der Waals surface area contributed by atoms with E-state index in [0.29, 0.717) is 29.5 Å². The van der Waals surface area contributed by atoms with Crippen LogP contribution in [0, 0.1) is 6.92 Å². The number of aryl methyl sites for hydroxylation is 1. The second-order valence-electron chi connectivity index (χ2n) is 9.66. The molecule has 37 heavy (non-hydrogen) atoms. The summed E-state index contributed by atoms with van der Waals surface area (Å²) in [7, 11) is -3.26. The number of anilines is 1. The van der Waals surface area contributed by atoms with Crippen molar-refractivity contribution in [3.63, 3.8) is 0 Å². The highest BCUT2D eigenvalue weighted by atomic mass is 32.2. The molecule has 1 N–H and O–H groups in total. The number of nitrogens with zero attached hydrogens (tertiary/aromatic N) is 6. The number of benzene rings is 1. The van der Waals surface area contributed by atoms with E-state index in [9.17, 15) is 13.2 Å². The van der Waals surface area contributed by atoms with Gasteiger partial charge in [-0.2, -0.15) is 0 Å². The molecule has 0 atom stereocenters. The van der Waals surface area contributed by atoms with Gasteiger partial charge in [0.1, 0.15) is 11.8 Å². The van der Waals surface area contributed by atoms with Crippen molar-refractivity contribution in [1.29, 1.82) is 0 Å². The molecule has 10 nitrogen and oxygen atoms in total. The van der Waals surface area contributed by atoms with Gasteiger partial charge in [-0.05, 0) is 50.3 Å². The minimum atomic E-state index is -3.26. The Kier molecular flexibility index (Phi) is 5.74. The predicted octanol–water partition coefficient (Wildman–Crippen LogP) is 3.57. The molecule has 4 aromatic rings. The first-order valence-corrected chi connectivity index (χ1v) is 14.2. The van der Waals surface area contributed by atoms with Crippen molar-refractivity contribution in [1.82, 2.24) is 29.5 Å². The fourth-order valence-corrected chi connectivity index (χ4v) is 5.39. The quantitative estimate of drug-likeness (QED) is 0.372. The lowest BCUT2D eigenvalue weighted by Crippen LogP contribution is -2.25. The molecule has 0 saturated heterocycles. The topological polar surface area (TPSA) is 133 Å². The van der Waals surface area contributed by atoms with Gasteiger partial charge in [0.05, 0.1) is 33.8 Å². The maximum atomic E-state index is 13.5. The van der Waals surface area contributed by atoms with Gasteiger partial charge in [-0.3, -0.25) is 9.36 Å². The van der Waals surface area contributed by atoms with Gasteiger partial charge in [-0.1, -0.05) is 19.1 Å². The zero-order valence-electron chi connectivity index (χ0n) is 20.7. The Morgan fingerprint density at radius 3 is 2.46 bits per heavy atom. The van der Waals surface area contributed by atoms with Crippen LogP contribution in [0.4, 0.5) is 5.82 Å². The molecule has 0 amide bonds. The van der Waals surface area contributed by atoms with Gasteiger partial charge in [0.25, 0.3) is 5.56 Å². The van der Waals surface area contributed by atoms with E-state index in [2.05, 4.69) is 25.3 Å². The average Bonchev–Trinajstić information content (AvgIpc) is 3.81. The molecule has 6 rings (SSSR count). The summed E-state index contributed by atoms with van der Waals surface area (Å²) in [5.74, 6) is 1.20. The van der Waals surface area contributed by atoms with Crippen LogP contribution >= 0.6 is 0 Å². The Hall–Kier alpha value is -3.73. The van der Waals surface area contributed by atoms with Crippen LogP contribution in [0.25, 0.3) is 22.6 Å². The third kappa shape index (κ3) is 4.48. The Morgan fingerprint density at radius 1 is 1.03 bits per heavy atom. The minimum absolute atomic E-state index is 0.0505. The highest BCUT2D eigenvalue weighted by Crippen LogP contribution is 2.43. The van der Waals surface area contributed by atoms with Crippen LogP contribution in [-0.2, 0) is 16.4 Å². The first kappa shape index (κ1) is 23.7. The lowest BCUT2D eigenvalue weighted by molar-refractivity contribution is 0.597. The molecule has 190 valence electrons. The molecule has 11 heteroatoms. The van der Waals surface area contributed by atoms with Crippen LogP contribution in [0.1, 0.15) is 61.5 Å². The van der Waals surface area contributed by atoms with E-state index in [4.69, 9.17) is 4.98 Å². The van der Waals surface area contributed by atoms with Crippen LogP contribution in [0.15, 0.2) is 46.5 Å². The van der Waals surface area contributed by atoms with Crippen LogP contribution in [0.5, 0.6) is 0 Å². The van der Waals surface area contributed by atoms with E-state index in [0.717, 1.165) is 48.2 Å². The normalized spacial score (nSPS) is 15.7. The van der Waals surface area contributed by atoms with E-state index in [1.807, 2.05) is 6.92 Å². The first-order chi connectivity index (χ1) is 17.9. The first-order valence-electron chi connectivity index (χ1n) is 12.5. The molecule has 2 fully saturated rings. The van der Waals surface area contributed by atoms with Gasteiger partial charge < -0.3 is 5.32 Å². The van der Waals surface area contributed by atoms with Crippen molar-refractivity contribution in [2.75, 3.05) is 11.1 Å². The SMILES string of the molecule is CCS(=O)(=O)c1ccc(CNc2nc3cnc(-c4c(C)ncnc4C4CC4)nc3n(C3CC3)c2=O)cc1. The van der Waals surface area contributed by atoms with Crippen molar-refractivity contribution in [3.05, 3.63) is 64.1 Å². The highest BCUT2D eigenvalue weighted by Gasteiger charge is 2.32. The third-order valence-electron chi connectivity index (χ3n) is 6.92. The summed E-state index contributed by atoms with van der Waals surface area (Å²) in [6.45, 7) is 3.88. The predicted molar refractivity (Wildman–Crippen MR) is 139 cm³/mol. The third-order valence-corrected chi connectivity index (χ3v) is 8.67. The summed E-state index contributed by atoms with van der Waals surface area (Å²) in [6.07, 6.45) is 7.26. The number of hydrogen-bond donors (Lipinski definition) is 1. The molecule has 3 aromatic heterocycles. The van der Waals surface area contributed by atoms with Crippen molar-refractivity contribution < 1.29 is 8.42 Å². The van der Waals surface area contributed by atoms with Crippen LogP contribution < -0.4 is 10.9 Å². The summed E-state index contributed by atoms with van der Waals surface area (Å²) < 4.78 is 25.9. The van der Waals surface area contributed by atoms with Crippen molar-refractivity contribution in [3.8, 4) is 11.4 Å². The molecule has 2 saturated carbocycles. The highest BCUT2D eigenvalue weighted by molar-refractivity contribution is 7.91. The maximum absolute atomic E-state index is 13.5. The van der Waals surface area contributed by atoms with Gasteiger partial charge in [0.15, 0.2) is 27.1 Å². The van der Waals surface area contributed by atoms with E-state index in [1.165, 1.54) is 0 Å². The number of fused-ring (bicyclic) bond motifs is 1. The number of nitrogens with one attached hydrogen (secondary N) is 1. The second-order valence-corrected chi connectivity index (χ2v) is 11.9. The van der Waals surface area contributed by atoms with Gasteiger partial charge in [-0.25, -0.2) is 33.3 Å². The summed E-state index contributed by atoms with van der Waals surface area (Å²) in [4.78, 5) is 36.6. The van der Waals surface area contributed by atoms with Gasteiger partial charge >= 0.3 is 0 Å². The number of sulfone groups is 1. The summed E-state index contributed by atoms with van der Waals surface area (Å²) in [5.41, 5.74) is 4.29. The second kappa shape index (κ2) is 8.98. The van der Waals surface area contributed by atoms with Gasteiger partial charge in [-0.15, -0.1) is 0 Å².